The molecule has 0 radical (unpaired) electrons. The van der Waals surface area contributed by atoms with Crippen molar-refractivity contribution in [2.45, 2.75) is 38.2 Å². The summed E-state index contributed by atoms with van der Waals surface area (Å²) in [6.07, 6.45) is 5.79. The van der Waals surface area contributed by atoms with Crippen molar-refractivity contribution in [2.75, 3.05) is 26.7 Å². The van der Waals surface area contributed by atoms with Gasteiger partial charge in [0, 0.05) is 19.6 Å². The summed E-state index contributed by atoms with van der Waals surface area (Å²) in [6, 6.07) is 6.94. The zero-order chi connectivity index (χ0) is 13.7. The van der Waals surface area contributed by atoms with Gasteiger partial charge in [-0.1, -0.05) is 18.2 Å². The van der Waals surface area contributed by atoms with E-state index in [0.717, 1.165) is 13.0 Å². The lowest BCUT2D eigenvalue weighted by molar-refractivity contribution is 0.133. The summed E-state index contributed by atoms with van der Waals surface area (Å²) in [4.78, 5) is 2.15. The molecule has 0 spiro atoms. The van der Waals surface area contributed by atoms with E-state index in [0.29, 0.717) is 13.1 Å². The largest absolute Gasteiger partial charge is 0.390 e. The van der Waals surface area contributed by atoms with E-state index in [1.165, 1.54) is 31.2 Å². The maximum Gasteiger partial charge on any atom is 0.0788 e. The minimum Gasteiger partial charge on any atom is -0.390 e. The molecule has 0 saturated heterocycles. The molecule has 0 saturated carbocycles. The van der Waals surface area contributed by atoms with Gasteiger partial charge in [0.1, 0.15) is 0 Å². The van der Waals surface area contributed by atoms with E-state index in [1.54, 1.807) is 11.1 Å². The fraction of sp³-hybridized carbons (Fsp3) is 0.625. The number of rotatable bonds is 6. The van der Waals surface area contributed by atoms with Crippen molar-refractivity contribution < 1.29 is 5.11 Å². The van der Waals surface area contributed by atoms with Gasteiger partial charge in [-0.15, -0.1) is 0 Å². The van der Waals surface area contributed by atoms with Crippen LogP contribution in [0.25, 0.3) is 0 Å². The normalized spacial score (nSPS) is 16.4. The van der Waals surface area contributed by atoms with Crippen LogP contribution in [-0.2, 0) is 19.3 Å². The smallest absolute Gasteiger partial charge is 0.0788 e. The molecule has 0 bridgehead atoms. The van der Waals surface area contributed by atoms with Crippen LogP contribution in [0.5, 0.6) is 0 Å². The van der Waals surface area contributed by atoms with Crippen molar-refractivity contribution in [2.24, 2.45) is 5.73 Å². The van der Waals surface area contributed by atoms with Gasteiger partial charge < -0.3 is 15.7 Å². The van der Waals surface area contributed by atoms with Gasteiger partial charge >= 0.3 is 0 Å². The number of likely N-dealkylation sites (N-methyl/N-ethyl adjacent to an activating group) is 1. The minimum absolute atomic E-state index is 0.336. The van der Waals surface area contributed by atoms with Gasteiger partial charge in [-0.25, -0.2) is 0 Å². The van der Waals surface area contributed by atoms with Crippen molar-refractivity contribution in [3.8, 4) is 0 Å². The second kappa shape index (κ2) is 7.04. The Balaban J connectivity index is 1.86. The molecular weight excluding hydrogens is 236 g/mol. The Kier molecular flexibility index (Phi) is 5.37. The summed E-state index contributed by atoms with van der Waals surface area (Å²) in [5, 5.41) is 9.52. The second-order valence-electron chi connectivity index (χ2n) is 5.71. The van der Waals surface area contributed by atoms with Gasteiger partial charge in [0.05, 0.1) is 6.10 Å². The average molecular weight is 262 g/mol. The first kappa shape index (κ1) is 14.5. The quantitative estimate of drug-likeness (QED) is 0.814. The Morgan fingerprint density at radius 1 is 1.26 bits per heavy atom. The van der Waals surface area contributed by atoms with Crippen LogP contribution >= 0.6 is 0 Å². The first-order valence-electron chi connectivity index (χ1n) is 7.36. The Labute approximate surface area is 116 Å². The lowest BCUT2D eigenvalue weighted by Gasteiger charge is -2.20. The fourth-order valence-electron chi connectivity index (χ4n) is 2.79. The van der Waals surface area contributed by atoms with Crippen LogP contribution in [0, 0.1) is 0 Å². The topological polar surface area (TPSA) is 49.5 Å². The van der Waals surface area contributed by atoms with Crippen molar-refractivity contribution in [3.05, 3.63) is 34.9 Å². The molecule has 1 atom stereocenters. The van der Waals surface area contributed by atoms with Crippen molar-refractivity contribution >= 4 is 0 Å². The number of benzene rings is 1. The van der Waals surface area contributed by atoms with Crippen LogP contribution in [0.4, 0.5) is 0 Å². The molecule has 1 aromatic rings. The monoisotopic (exact) mass is 262 g/mol. The number of aliphatic hydroxyl groups is 1. The van der Waals surface area contributed by atoms with Crippen LogP contribution in [-0.4, -0.2) is 42.8 Å². The van der Waals surface area contributed by atoms with E-state index in [-0.39, 0.29) is 0 Å². The minimum atomic E-state index is -0.409. The summed E-state index contributed by atoms with van der Waals surface area (Å²) >= 11 is 0. The Bertz CT molecular complexity index is 406. The number of nitrogens with zero attached hydrogens (tertiary/aromatic N) is 1. The third kappa shape index (κ3) is 4.30. The number of fused-ring (bicyclic) bond motifs is 1. The van der Waals surface area contributed by atoms with E-state index in [1.807, 2.05) is 7.05 Å². The fourth-order valence-corrected chi connectivity index (χ4v) is 2.79. The van der Waals surface area contributed by atoms with Crippen LogP contribution in [0.3, 0.4) is 0 Å². The molecule has 2 rings (SSSR count). The molecule has 1 aliphatic carbocycles. The Morgan fingerprint density at radius 2 is 2.00 bits per heavy atom. The van der Waals surface area contributed by atoms with Crippen molar-refractivity contribution in [1.82, 2.24) is 4.90 Å². The molecule has 1 unspecified atom stereocenters. The highest BCUT2D eigenvalue weighted by molar-refractivity contribution is 5.33. The summed E-state index contributed by atoms with van der Waals surface area (Å²) in [7, 11) is 2.04. The van der Waals surface area contributed by atoms with E-state index in [9.17, 15) is 5.11 Å². The second-order valence-corrected chi connectivity index (χ2v) is 5.71. The van der Waals surface area contributed by atoms with Gasteiger partial charge in [0.15, 0.2) is 0 Å². The Hall–Kier alpha value is -0.900. The van der Waals surface area contributed by atoms with E-state index < -0.39 is 6.10 Å². The number of hydrogen-bond donors (Lipinski definition) is 2. The SMILES string of the molecule is CN(CCc1ccc2c(c1)CCCC2)CC(O)CN. The summed E-state index contributed by atoms with van der Waals surface area (Å²) in [5.74, 6) is 0. The molecule has 0 heterocycles. The number of hydrogen-bond acceptors (Lipinski definition) is 3. The highest BCUT2D eigenvalue weighted by Crippen LogP contribution is 2.22. The lowest BCUT2D eigenvalue weighted by Crippen LogP contribution is -2.35. The zero-order valence-corrected chi connectivity index (χ0v) is 11.9. The summed E-state index contributed by atoms with van der Waals surface area (Å²) in [5.41, 5.74) is 9.93. The van der Waals surface area contributed by atoms with E-state index >= 15 is 0 Å². The number of aliphatic hydroxyl groups excluding tert-OH is 1. The maximum absolute atomic E-state index is 9.52. The van der Waals surface area contributed by atoms with Gasteiger partial charge in [0.2, 0.25) is 0 Å². The van der Waals surface area contributed by atoms with Crippen molar-refractivity contribution in [3.63, 3.8) is 0 Å². The lowest BCUT2D eigenvalue weighted by atomic mass is 9.90. The van der Waals surface area contributed by atoms with Gasteiger partial charge in [0.25, 0.3) is 0 Å². The number of aryl methyl sites for hydroxylation is 2. The zero-order valence-electron chi connectivity index (χ0n) is 11.9. The first-order chi connectivity index (χ1) is 9.19. The molecule has 0 fully saturated rings. The third-order valence-electron chi connectivity index (χ3n) is 3.99. The highest BCUT2D eigenvalue weighted by atomic mass is 16.3. The third-order valence-corrected chi connectivity index (χ3v) is 3.99. The maximum atomic E-state index is 9.52. The van der Waals surface area contributed by atoms with Gasteiger partial charge in [-0.3, -0.25) is 0 Å². The van der Waals surface area contributed by atoms with Crippen LogP contribution in [0.15, 0.2) is 18.2 Å². The van der Waals surface area contributed by atoms with Crippen LogP contribution in [0.2, 0.25) is 0 Å². The van der Waals surface area contributed by atoms with E-state index in [4.69, 9.17) is 5.73 Å². The molecule has 3 N–H and O–H groups in total. The molecule has 19 heavy (non-hydrogen) atoms. The summed E-state index contributed by atoms with van der Waals surface area (Å²) < 4.78 is 0. The van der Waals surface area contributed by atoms with Crippen LogP contribution < -0.4 is 5.73 Å². The molecule has 106 valence electrons. The molecule has 0 amide bonds. The highest BCUT2D eigenvalue weighted by Gasteiger charge is 2.10. The standard InChI is InChI=1S/C16H26N2O/c1-18(12-16(19)11-17)9-8-13-6-7-14-4-2-3-5-15(14)10-13/h6-7,10,16,19H,2-5,8-9,11-12,17H2,1H3. The molecule has 1 aliphatic rings. The van der Waals surface area contributed by atoms with E-state index in [2.05, 4.69) is 23.1 Å². The van der Waals surface area contributed by atoms with Gasteiger partial charge in [-0.2, -0.15) is 0 Å². The number of nitrogens with two attached hydrogens (primary N) is 1. The molecule has 1 aromatic carbocycles. The summed E-state index contributed by atoms with van der Waals surface area (Å²) in [6.45, 7) is 1.96. The van der Waals surface area contributed by atoms with Gasteiger partial charge in [-0.05, 0) is 55.8 Å². The molecule has 3 heteroatoms. The molecular formula is C16H26N2O. The van der Waals surface area contributed by atoms with Crippen LogP contribution in [0.1, 0.15) is 29.5 Å². The average Bonchev–Trinajstić information content (AvgIpc) is 2.44. The Morgan fingerprint density at radius 3 is 2.74 bits per heavy atom. The predicted molar refractivity (Wildman–Crippen MR) is 79.3 cm³/mol. The van der Waals surface area contributed by atoms with Crippen molar-refractivity contribution in [1.29, 1.82) is 0 Å². The first-order valence-corrected chi connectivity index (χ1v) is 7.36. The predicted octanol–water partition coefficient (Wildman–Crippen LogP) is 1.36. The molecule has 0 aromatic heterocycles. The molecule has 0 aliphatic heterocycles. The molecule has 3 nitrogen and oxygen atoms in total.